The van der Waals surface area contributed by atoms with Crippen LogP contribution in [0.15, 0.2) is 23.3 Å². The number of ether oxygens (including phenoxy) is 1. The number of nitrogens with one attached hydrogen (secondary N) is 2. The first-order chi connectivity index (χ1) is 9.31. The standard InChI is InChI=1S/C14H24N4O.HI/c1-4-6-9-17-14(15-5-2)18-11-12-8-7-10-16-13(12)19-3;/h7-8,10H,4-6,9,11H2,1-3H3,(H2,15,17,18);1H. The van der Waals surface area contributed by atoms with Crippen molar-refractivity contribution in [2.24, 2.45) is 4.99 Å². The average molecular weight is 392 g/mol. The predicted molar refractivity (Wildman–Crippen MR) is 93.9 cm³/mol. The quantitative estimate of drug-likeness (QED) is 0.324. The third-order valence-electron chi connectivity index (χ3n) is 2.62. The largest absolute Gasteiger partial charge is 0.481 e. The van der Waals surface area contributed by atoms with Crippen LogP contribution in [-0.2, 0) is 6.54 Å². The van der Waals surface area contributed by atoms with Gasteiger partial charge in [-0.25, -0.2) is 9.98 Å². The molecule has 5 nitrogen and oxygen atoms in total. The molecule has 0 aromatic carbocycles. The lowest BCUT2D eigenvalue weighted by Crippen LogP contribution is -2.37. The summed E-state index contributed by atoms with van der Waals surface area (Å²) in [6.45, 7) is 6.57. The molecule has 1 rings (SSSR count). The van der Waals surface area contributed by atoms with Gasteiger partial charge in [0.05, 0.1) is 13.7 Å². The fraction of sp³-hybridized carbons (Fsp3) is 0.571. The Kier molecular flexibility index (Phi) is 11.1. The Hall–Kier alpha value is -1.05. The molecule has 0 amide bonds. The molecule has 0 aliphatic rings. The van der Waals surface area contributed by atoms with Crippen molar-refractivity contribution in [2.45, 2.75) is 33.2 Å². The number of halogens is 1. The summed E-state index contributed by atoms with van der Waals surface area (Å²) < 4.78 is 5.21. The number of guanidine groups is 1. The summed E-state index contributed by atoms with van der Waals surface area (Å²) in [6, 6.07) is 3.87. The highest BCUT2D eigenvalue weighted by Gasteiger charge is 2.03. The maximum Gasteiger partial charge on any atom is 0.218 e. The molecule has 0 radical (unpaired) electrons. The van der Waals surface area contributed by atoms with Gasteiger partial charge >= 0.3 is 0 Å². The zero-order valence-corrected chi connectivity index (χ0v) is 14.8. The van der Waals surface area contributed by atoms with Crippen molar-refractivity contribution in [2.75, 3.05) is 20.2 Å². The number of pyridine rings is 1. The van der Waals surface area contributed by atoms with E-state index in [9.17, 15) is 0 Å². The van der Waals surface area contributed by atoms with Crippen LogP contribution in [-0.4, -0.2) is 31.1 Å². The zero-order chi connectivity index (χ0) is 13.9. The molecule has 2 N–H and O–H groups in total. The SMILES string of the molecule is CCCCNC(=NCc1cccnc1OC)NCC.I. The summed E-state index contributed by atoms with van der Waals surface area (Å²) in [7, 11) is 1.63. The van der Waals surface area contributed by atoms with E-state index in [0.29, 0.717) is 12.4 Å². The summed E-state index contributed by atoms with van der Waals surface area (Å²) in [6.07, 6.45) is 4.03. The molecular formula is C14H25IN4O. The van der Waals surface area contributed by atoms with Gasteiger partial charge in [0.25, 0.3) is 0 Å². The molecule has 1 heterocycles. The van der Waals surface area contributed by atoms with Gasteiger partial charge in [-0.2, -0.15) is 0 Å². The lowest BCUT2D eigenvalue weighted by Gasteiger charge is -2.11. The highest BCUT2D eigenvalue weighted by Crippen LogP contribution is 2.14. The lowest BCUT2D eigenvalue weighted by molar-refractivity contribution is 0.392. The normalized spacial score (nSPS) is 10.7. The molecule has 0 saturated heterocycles. The monoisotopic (exact) mass is 392 g/mol. The van der Waals surface area contributed by atoms with Crippen molar-refractivity contribution < 1.29 is 4.74 Å². The average Bonchev–Trinajstić information content (AvgIpc) is 2.45. The Morgan fingerprint density at radius 3 is 2.80 bits per heavy atom. The van der Waals surface area contributed by atoms with Crippen LogP contribution in [0, 0.1) is 0 Å². The summed E-state index contributed by atoms with van der Waals surface area (Å²) in [5.74, 6) is 1.47. The van der Waals surface area contributed by atoms with Gasteiger partial charge in [0, 0.05) is 24.8 Å². The second-order valence-corrected chi connectivity index (χ2v) is 4.15. The van der Waals surface area contributed by atoms with Gasteiger partial charge in [-0.1, -0.05) is 19.4 Å². The Balaban J connectivity index is 0.00000361. The number of hydrogen-bond donors (Lipinski definition) is 2. The number of unbranched alkanes of at least 4 members (excludes halogenated alkanes) is 1. The summed E-state index contributed by atoms with van der Waals surface area (Å²) in [5, 5.41) is 6.53. The van der Waals surface area contributed by atoms with Crippen molar-refractivity contribution in [3.05, 3.63) is 23.9 Å². The minimum absolute atomic E-state index is 0. The van der Waals surface area contributed by atoms with Crippen LogP contribution in [0.1, 0.15) is 32.3 Å². The Bertz CT molecular complexity index is 399. The Morgan fingerprint density at radius 1 is 1.35 bits per heavy atom. The van der Waals surface area contributed by atoms with Gasteiger partial charge in [-0.3, -0.25) is 0 Å². The molecule has 0 aliphatic carbocycles. The summed E-state index contributed by atoms with van der Waals surface area (Å²) >= 11 is 0. The van der Waals surface area contributed by atoms with Crippen LogP contribution in [0.5, 0.6) is 5.88 Å². The van der Waals surface area contributed by atoms with Crippen LogP contribution in [0.4, 0.5) is 0 Å². The molecule has 0 atom stereocenters. The highest BCUT2D eigenvalue weighted by molar-refractivity contribution is 14.0. The molecule has 0 aliphatic heterocycles. The molecule has 0 unspecified atom stereocenters. The van der Waals surface area contributed by atoms with Crippen molar-refractivity contribution in [1.29, 1.82) is 0 Å². The Morgan fingerprint density at radius 2 is 2.15 bits per heavy atom. The number of aromatic nitrogens is 1. The highest BCUT2D eigenvalue weighted by atomic mass is 127. The number of rotatable bonds is 7. The van der Waals surface area contributed by atoms with E-state index in [4.69, 9.17) is 4.74 Å². The van der Waals surface area contributed by atoms with E-state index in [0.717, 1.165) is 31.0 Å². The summed E-state index contributed by atoms with van der Waals surface area (Å²) in [5.41, 5.74) is 0.984. The van der Waals surface area contributed by atoms with E-state index in [-0.39, 0.29) is 24.0 Å². The maximum atomic E-state index is 5.21. The van der Waals surface area contributed by atoms with E-state index < -0.39 is 0 Å². The van der Waals surface area contributed by atoms with Crippen LogP contribution in [0.3, 0.4) is 0 Å². The molecule has 1 aromatic rings. The minimum Gasteiger partial charge on any atom is -0.481 e. The van der Waals surface area contributed by atoms with Crippen LogP contribution in [0.2, 0.25) is 0 Å². The second-order valence-electron chi connectivity index (χ2n) is 4.15. The fourth-order valence-corrected chi connectivity index (χ4v) is 1.62. The van der Waals surface area contributed by atoms with Gasteiger partial charge in [-0.05, 0) is 19.4 Å². The molecule has 0 spiro atoms. The first kappa shape index (κ1) is 18.9. The fourth-order valence-electron chi connectivity index (χ4n) is 1.62. The van der Waals surface area contributed by atoms with Crippen LogP contribution >= 0.6 is 24.0 Å². The molecule has 6 heteroatoms. The van der Waals surface area contributed by atoms with Crippen molar-refractivity contribution in [1.82, 2.24) is 15.6 Å². The van der Waals surface area contributed by atoms with E-state index in [1.165, 1.54) is 6.42 Å². The van der Waals surface area contributed by atoms with Gasteiger partial charge in [-0.15, -0.1) is 24.0 Å². The van der Waals surface area contributed by atoms with Crippen molar-refractivity contribution >= 4 is 29.9 Å². The van der Waals surface area contributed by atoms with Gasteiger partial charge in [0.1, 0.15) is 0 Å². The Labute approximate surface area is 138 Å². The van der Waals surface area contributed by atoms with E-state index in [2.05, 4.69) is 34.5 Å². The summed E-state index contributed by atoms with van der Waals surface area (Å²) in [4.78, 5) is 8.70. The third kappa shape index (κ3) is 6.93. The van der Waals surface area contributed by atoms with Gasteiger partial charge in [0.2, 0.25) is 5.88 Å². The van der Waals surface area contributed by atoms with Crippen molar-refractivity contribution in [3.8, 4) is 5.88 Å². The van der Waals surface area contributed by atoms with E-state index >= 15 is 0 Å². The lowest BCUT2D eigenvalue weighted by atomic mass is 10.3. The zero-order valence-electron chi connectivity index (χ0n) is 12.5. The van der Waals surface area contributed by atoms with Gasteiger partial charge in [0.15, 0.2) is 5.96 Å². The number of hydrogen-bond acceptors (Lipinski definition) is 3. The first-order valence-electron chi connectivity index (χ1n) is 6.81. The van der Waals surface area contributed by atoms with Crippen LogP contribution < -0.4 is 15.4 Å². The smallest absolute Gasteiger partial charge is 0.218 e. The molecule has 0 saturated carbocycles. The minimum atomic E-state index is 0. The molecule has 1 aromatic heterocycles. The first-order valence-corrected chi connectivity index (χ1v) is 6.81. The van der Waals surface area contributed by atoms with Crippen molar-refractivity contribution in [3.63, 3.8) is 0 Å². The number of methoxy groups -OCH3 is 1. The van der Waals surface area contributed by atoms with Gasteiger partial charge < -0.3 is 15.4 Å². The molecular weight excluding hydrogens is 367 g/mol. The molecule has 0 bridgehead atoms. The second kappa shape index (κ2) is 11.7. The topological polar surface area (TPSA) is 58.5 Å². The number of aliphatic imine (C=N–C) groups is 1. The molecule has 114 valence electrons. The number of nitrogens with zero attached hydrogens (tertiary/aromatic N) is 2. The molecule has 0 fully saturated rings. The third-order valence-corrected chi connectivity index (χ3v) is 2.62. The maximum absolute atomic E-state index is 5.21. The van der Waals surface area contributed by atoms with E-state index in [1.54, 1.807) is 13.3 Å². The van der Waals surface area contributed by atoms with E-state index in [1.807, 2.05) is 12.1 Å². The molecule has 20 heavy (non-hydrogen) atoms. The predicted octanol–water partition coefficient (Wildman–Crippen LogP) is 2.56. The van der Waals surface area contributed by atoms with Crippen LogP contribution in [0.25, 0.3) is 0 Å².